The first-order valence-electron chi connectivity index (χ1n) is 6.06. The Morgan fingerprint density at radius 3 is 2.60 bits per heavy atom. The van der Waals surface area contributed by atoms with Gasteiger partial charge in [-0.25, -0.2) is 9.78 Å². The smallest absolute Gasteiger partial charge is 0.354 e. The van der Waals surface area contributed by atoms with Crippen molar-refractivity contribution in [3.8, 4) is 11.1 Å². The van der Waals surface area contributed by atoms with Gasteiger partial charge in [0.15, 0.2) is 0 Å². The van der Waals surface area contributed by atoms with Crippen LogP contribution in [0.4, 0.5) is 0 Å². The van der Waals surface area contributed by atoms with Gasteiger partial charge in [-0.1, -0.05) is 0 Å². The third-order valence-corrected chi connectivity index (χ3v) is 3.16. The van der Waals surface area contributed by atoms with Gasteiger partial charge in [-0.3, -0.25) is 9.97 Å². The molecule has 20 heavy (non-hydrogen) atoms. The zero-order valence-corrected chi connectivity index (χ0v) is 10.7. The Labute approximate surface area is 115 Å². The van der Waals surface area contributed by atoms with E-state index in [1.54, 1.807) is 30.9 Å². The number of nitrogens with zero attached hydrogens (tertiary/aromatic N) is 3. The highest BCUT2D eigenvalue weighted by Crippen LogP contribution is 2.29. The van der Waals surface area contributed by atoms with Crippen LogP contribution in [0.2, 0.25) is 0 Å². The van der Waals surface area contributed by atoms with Crippen LogP contribution in [-0.2, 0) is 0 Å². The Bertz CT molecular complexity index is 815. The number of carboxylic acid groups (broad SMARTS) is 1. The summed E-state index contributed by atoms with van der Waals surface area (Å²) in [6.45, 7) is 1.96. The van der Waals surface area contributed by atoms with Crippen LogP contribution in [0, 0.1) is 6.92 Å². The van der Waals surface area contributed by atoms with Gasteiger partial charge < -0.3 is 5.11 Å². The number of aryl methyl sites for hydroxylation is 1. The van der Waals surface area contributed by atoms with Gasteiger partial charge in [-0.2, -0.15) is 0 Å². The average molecular weight is 265 g/mol. The topological polar surface area (TPSA) is 76.0 Å². The summed E-state index contributed by atoms with van der Waals surface area (Å²) in [4.78, 5) is 23.4. The predicted octanol–water partition coefficient (Wildman–Crippen LogP) is 2.70. The fraction of sp³-hybridized carbons (Fsp3) is 0.0667. The van der Waals surface area contributed by atoms with Gasteiger partial charge in [0.05, 0.1) is 11.7 Å². The molecule has 3 aromatic heterocycles. The summed E-state index contributed by atoms with van der Waals surface area (Å²) in [5.41, 5.74) is 3.30. The van der Waals surface area contributed by atoms with Gasteiger partial charge in [-0.15, -0.1) is 0 Å². The van der Waals surface area contributed by atoms with Gasteiger partial charge in [0.1, 0.15) is 5.69 Å². The molecule has 0 aromatic carbocycles. The Morgan fingerprint density at radius 1 is 1.10 bits per heavy atom. The number of fused-ring (bicyclic) bond motifs is 1. The normalized spacial score (nSPS) is 10.7. The minimum absolute atomic E-state index is 0.00348. The lowest BCUT2D eigenvalue weighted by atomic mass is 9.99. The zero-order chi connectivity index (χ0) is 14.1. The summed E-state index contributed by atoms with van der Waals surface area (Å²) in [7, 11) is 0. The first-order chi connectivity index (χ1) is 9.66. The molecule has 0 spiro atoms. The van der Waals surface area contributed by atoms with E-state index in [1.165, 1.54) is 0 Å². The number of rotatable bonds is 2. The van der Waals surface area contributed by atoms with E-state index >= 15 is 0 Å². The monoisotopic (exact) mass is 265 g/mol. The van der Waals surface area contributed by atoms with Crippen LogP contribution in [0.15, 0.2) is 43.0 Å². The van der Waals surface area contributed by atoms with Gasteiger partial charge >= 0.3 is 5.97 Å². The van der Waals surface area contributed by atoms with E-state index in [0.717, 1.165) is 22.1 Å². The van der Waals surface area contributed by atoms with Crippen molar-refractivity contribution in [3.05, 3.63) is 54.2 Å². The lowest BCUT2D eigenvalue weighted by Gasteiger charge is -2.09. The Morgan fingerprint density at radius 2 is 1.85 bits per heavy atom. The molecular weight excluding hydrogens is 254 g/mol. The summed E-state index contributed by atoms with van der Waals surface area (Å²) in [5, 5.41) is 10.0. The molecule has 0 atom stereocenters. The van der Waals surface area contributed by atoms with E-state index in [1.807, 2.05) is 19.1 Å². The van der Waals surface area contributed by atoms with E-state index in [2.05, 4.69) is 15.0 Å². The SMILES string of the molecule is Cc1ccncc1-c1cc(C(=O)O)nc2cnccc12. The standard InChI is InChI=1S/C15H11N3O2/c1-9-2-4-16-7-12(9)11-6-13(15(19)20)18-14-8-17-5-3-10(11)14/h2-8H,1H3,(H,19,20). The van der Waals surface area contributed by atoms with Crippen LogP contribution in [0.5, 0.6) is 0 Å². The molecule has 3 heterocycles. The maximum Gasteiger partial charge on any atom is 0.354 e. The van der Waals surface area contributed by atoms with Crippen LogP contribution in [0.1, 0.15) is 16.1 Å². The van der Waals surface area contributed by atoms with Gasteiger partial charge in [0.25, 0.3) is 0 Å². The maximum atomic E-state index is 11.2. The molecule has 0 unspecified atom stereocenters. The fourth-order valence-corrected chi connectivity index (χ4v) is 2.16. The molecule has 0 bridgehead atoms. The van der Waals surface area contributed by atoms with Gasteiger partial charge in [-0.05, 0) is 36.2 Å². The van der Waals surface area contributed by atoms with Crippen LogP contribution in [0.3, 0.4) is 0 Å². The second-order valence-corrected chi connectivity index (χ2v) is 4.44. The molecule has 0 fully saturated rings. The van der Waals surface area contributed by atoms with Crippen LogP contribution in [-0.4, -0.2) is 26.0 Å². The molecule has 0 aliphatic rings. The van der Waals surface area contributed by atoms with Crippen molar-refractivity contribution in [2.75, 3.05) is 0 Å². The van der Waals surface area contributed by atoms with E-state index in [-0.39, 0.29) is 5.69 Å². The summed E-state index contributed by atoms with van der Waals surface area (Å²) in [6.07, 6.45) is 6.68. The van der Waals surface area contributed by atoms with E-state index in [0.29, 0.717) is 5.52 Å². The molecule has 5 nitrogen and oxygen atoms in total. The zero-order valence-electron chi connectivity index (χ0n) is 10.7. The Kier molecular flexibility index (Phi) is 2.87. The summed E-state index contributed by atoms with van der Waals surface area (Å²) in [6, 6.07) is 5.30. The van der Waals surface area contributed by atoms with Gasteiger partial charge in [0.2, 0.25) is 0 Å². The minimum Gasteiger partial charge on any atom is -0.477 e. The highest BCUT2D eigenvalue weighted by Gasteiger charge is 2.13. The lowest BCUT2D eigenvalue weighted by Crippen LogP contribution is -2.02. The molecule has 0 aliphatic carbocycles. The number of carboxylic acids is 1. The lowest BCUT2D eigenvalue weighted by molar-refractivity contribution is 0.0691. The van der Waals surface area contributed by atoms with Crippen LogP contribution >= 0.6 is 0 Å². The molecule has 0 radical (unpaired) electrons. The number of hydrogen-bond donors (Lipinski definition) is 1. The highest BCUT2D eigenvalue weighted by atomic mass is 16.4. The molecule has 3 aromatic rings. The van der Waals surface area contributed by atoms with E-state index in [4.69, 9.17) is 0 Å². The Balaban J connectivity index is 2.39. The Hall–Kier alpha value is -2.82. The second kappa shape index (κ2) is 4.70. The van der Waals surface area contributed by atoms with E-state index < -0.39 is 5.97 Å². The molecular formula is C15H11N3O2. The number of aromatic nitrogens is 3. The molecule has 0 amide bonds. The first kappa shape index (κ1) is 12.2. The van der Waals surface area contributed by atoms with Crippen LogP contribution < -0.4 is 0 Å². The maximum absolute atomic E-state index is 11.2. The van der Waals surface area contributed by atoms with Crippen molar-refractivity contribution in [1.82, 2.24) is 15.0 Å². The van der Waals surface area contributed by atoms with Crippen LogP contribution in [0.25, 0.3) is 22.0 Å². The molecule has 98 valence electrons. The van der Waals surface area contributed by atoms with E-state index in [9.17, 15) is 9.90 Å². The second-order valence-electron chi connectivity index (χ2n) is 4.44. The quantitative estimate of drug-likeness (QED) is 0.771. The number of hydrogen-bond acceptors (Lipinski definition) is 4. The molecule has 5 heteroatoms. The predicted molar refractivity (Wildman–Crippen MR) is 74.5 cm³/mol. The molecule has 0 saturated heterocycles. The highest BCUT2D eigenvalue weighted by molar-refractivity contribution is 5.99. The van der Waals surface area contributed by atoms with Crippen molar-refractivity contribution in [2.24, 2.45) is 0 Å². The average Bonchev–Trinajstić information content (AvgIpc) is 2.46. The summed E-state index contributed by atoms with van der Waals surface area (Å²) >= 11 is 0. The number of aromatic carboxylic acids is 1. The van der Waals surface area contributed by atoms with Crippen molar-refractivity contribution >= 4 is 16.9 Å². The fourth-order valence-electron chi connectivity index (χ4n) is 2.16. The summed E-state index contributed by atoms with van der Waals surface area (Å²) in [5.74, 6) is -1.06. The van der Waals surface area contributed by atoms with Crippen molar-refractivity contribution in [1.29, 1.82) is 0 Å². The molecule has 0 aliphatic heterocycles. The third kappa shape index (κ3) is 1.99. The number of pyridine rings is 3. The van der Waals surface area contributed by atoms with Crippen molar-refractivity contribution in [2.45, 2.75) is 6.92 Å². The van der Waals surface area contributed by atoms with Crippen molar-refractivity contribution in [3.63, 3.8) is 0 Å². The van der Waals surface area contributed by atoms with Gasteiger partial charge in [0, 0.05) is 29.5 Å². The summed E-state index contributed by atoms with van der Waals surface area (Å²) < 4.78 is 0. The van der Waals surface area contributed by atoms with Crippen molar-refractivity contribution < 1.29 is 9.90 Å². The number of carbonyl (C=O) groups is 1. The molecule has 0 saturated carbocycles. The molecule has 3 rings (SSSR count). The third-order valence-electron chi connectivity index (χ3n) is 3.16. The first-order valence-corrected chi connectivity index (χ1v) is 6.06. The molecule has 1 N–H and O–H groups in total. The minimum atomic E-state index is -1.06. The largest absolute Gasteiger partial charge is 0.477 e.